The lowest BCUT2D eigenvalue weighted by molar-refractivity contribution is 0.462. The molecule has 0 amide bonds. The lowest BCUT2D eigenvalue weighted by Gasteiger charge is -2.18. The summed E-state index contributed by atoms with van der Waals surface area (Å²) >= 11 is 0. The molecule has 7 heteroatoms. The molecular weight excluding hydrogens is 264 g/mol. The molecule has 1 aromatic rings. The van der Waals surface area contributed by atoms with Gasteiger partial charge in [-0.1, -0.05) is 19.8 Å². The Morgan fingerprint density at radius 3 is 2.68 bits per heavy atom. The average molecular weight is 284 g/mol. The maximum Gasteiger partial charge on any atom is 0.247 e. The zero-order valence-corrected chi connectivity index (χ0v) is 12.3. The molecule has 0 saturated carbocycles. The summed E-state index contributed by atoms with van der Waals surface area (Å²) in [6.45, 7) is 6.94. The average Bonchev–Trinajstić information content (AvgIpc) is 2.75. The quantitative estimate of drug-likeness (QED) is 0.714. The van der Waals surface area contributed by atoms with E-state index in [1.165, 1.54) is 4.31 Å². The van der Waals surface area contributed by atoms with Gasteiger partial charge in [-0.05, 0) is 13.5 Å². The van der Waals surface area contributed by atoms with Crippen molar-refractivity contribution in [3.63, 3.8) is 0 Å². The second-order valence-corrected chi connectivity index (χ2v) is 5.91. The molecular formula is C12H20N4O2S. The number of nitrogens with one attached hydrogen (secondary N) is 2. The molecule has 1 rings (SSSR count). The first-order chi connectivity index (χ1) is 8.98. The highest BCUT2D eigenvalue weighted by molar-refractivity contribution is 7.89. The lowest BCUT2D eigenvalue weighted by atomic mass is 10.3. The third kappa shape index (κ3) is 3.35. The minimum Gasteiger partial charge on any atom is -0.311 e. The standard InChI is InChI=1S/C12H20N4O2S/c1-5-8-16(7-3)19(17,18)12-10(4)14-15-11(12)9-13-6-2/h1,13H,6-9H2,2-4H3,(H,14,15). The highest BCUT2D eigenvalue weighted by atomic mass is 32.2. The monoisotopic (exact) mass is 284 g/mol. The number of aromatic amines is 1. The molecule has 0 fully saturated rings. The first-order valence-electron chi connectivity index (χ1n) is 6.17. The van der Waals surface area contributed by atoms with Crippen molar-refractivity contribution in [2.45, 2.75) is 32.2 Å². The zero-order chi connectivity index (χ0) is 14.5. The number of hydrogen-bond donors (Lipinski definition) is 2. The van der Waals surface area contributed by atoms with Crippen LogP contribution >= 0.6 is 0 Å². The number of H-pyrrole nitrogens is 1. The lowest BCUT2D eigenvalue weighted by Crippen LogP contribution is -2.32. The number of sulfonamides is 1. The van der Waals surface area contributed by atoms with E-state index in [2.05, 4.69) is 21.4 Å². The first-order valence-corrected chi connectivity index (χ1v) is 7.61. The van der Waals surface area contributed by atoms with Crippen molar-refractivity contribution < 1.29 is 8.42 Å². The predicted octanol–water partition coefficient (Wildman–Crippen LogP) is 0.471. The van der Waals surface area contributed by atoms with Gasteiger partial charge < -0.3 is 5.32 Å². The van der Waals surface area contributed by atoms with E-state index in [1.807, 2.05) is 6.92 Å². The molecule has 0 bridgehead atoms. The molecule has 0 unspecified atom stereocenters. The molecule has 106 valence electrons. The van der Waals surface area contributed by atoms with E-state index in [1.54, 1.807) is 13.8 Å². The van der Waals surface area contributed by atoms with Gasteiger partial charge in [-0.3, -0.25) is 5.10 Å². The van der Waals surface area contributed by atoms with Crippen molar-refractivity contribution >= 4 is 10.0 Å². The van der Waals surface area contributed by atoms with Crippen LogP contribution < -0.4 is 5.32 Å². The van der Waals surface area contributed by atoms with E-state index in [-0.39, 0.29) is 11.4 Å². The Morgan fingerprint density at radius 2 is 2.16 bits per heavy atom. The van der Waals surface area contributed by atoms with Crippen LogP contribution in [0.4, 0.5) is 0 Å². The smallest absolute Gasteiger partial charge is 0.247 e. The molecule has 2 N–H and O–H groups in total. The minimum atomic E-state index is -3.60. The highest BCUT2D eigenvalue weighted by Crippen LogP contribution is 2.21. The predicted molar refractivity (Wildman–Crippen MR) is 74.0 cm³/mol. The zero-order valence-electron chi connectivity index (χ0n) is 11.5. The van der Waals surface area contributed by atoms with Crippen LogP contribution in [-0.4, -0.2) is 42.6 Å². The van der Waals surface area contributed by atoms with Gasteiger partial charge in [0.15, 0.2) is 0 Å². The third-order valence-electron chi connectivity index (χ3n) is 2.72. The molecule has 6 nitrogen and oxygen atoms in total. The topological polar surface area (TPSA) is 78.1 Å². The highest BCUT2D eigenvalue weighted by Gasteiger charge is 2.29. The van der Waals surface area contributed by atoms with Crippen LogP contribution in [0.25, 0.3) is 0 Å². The van der Waals surface area contributed by atoms with Crippen molar-refractivity contribution in [1.82, 2.24) is 19.8 Å². The molecule has 0 aliphatic carbocycles. The summed E-state index contributed by atoms with van der Waals surface area (Å²) in [5.74, 6) is 2.37. The van der Waals surface area contributed by atoms with Gasteiger partial charge in [0.2, 0.25) is 10.0 Å². The van der Waals surface area contributed by atoms with Crippen molar-refractivity contribution in [2.75, 3.05) is 19.6 Å². The summed E-state index contributed by atoms with van der Waals surface area (Å²) in [7, 11) is -3.60. The van der Waals surface area contributed by atoms with Crippen LogP contribution in [0.2, 0.25) is 0 Å². The number of aryl methyl sites for hydroxylation is 1. The molecule has 0 aliphatic rings. The number of aromatic nitrogens is 2. The molecule has 1 heterocycles. The van der Waals surface area contributed by atoms with Gasteiger partial charge in [0.1, 0.15) is 4.90 Å². The number of rotatable bonds is 7. The van der Waals surface area contributed by atoms with Crippen LogP contribution in [0, 0.1) is 19.3 Å². The van der Waals surface area contributed by atoms with Crippen molar-refractivity contribution in [3.05, 3.63) is 11.4 Å². The van der Waals surface area contributed by atoms with Gasteiger partial charge in [0.25, 0.3) is 0 Å². The molecule has 19 heavy (non-hydrogen) atoms. The Morgan fingerprint density at radius 1 is 1.47 bits per heavy atom. The molecule has 0 aromatic carbocycles. The molecule has 0 saturated heterocycles. The summed E-state index contributed by atoms with van der Waals surface area (Å²) in [5.41, 5.74) is 1.03. The van der Waals surface area contributed by atoms with E-state index < -0.39 is 10.0 Å². The Balaban J connectivity index is 3.20. The van der Waals surface area contributed by atoms with E-state index >= 15 is 0 Å². The summed E-state index contributed by atoms with van der Waals surface area (Å²) in [4.78, 5) is 0.227. The second kappa shape index (κ2) is 6.70. The summed E-state index contributed by atoms with van der Waals surface area (Å²) in [5, 5.41) is 9.85. The van der Waals surface area contributed by atoms with Gasteiger partial charge in [-0.2, -0.15) is 9.40 Å². The fourth-order valence-electron chi connectivity index (χ4n) is 1.77. The Labute approximate surface area is 114 Å². The molecule has 0 spiro atoms. The van der Waals surface area contributed by atoms with Gasteiger partial charge >= 0.3 is 0 Å². The number of terminal acetylenes is 1. The van der Waals surface area contributed by atoms with Gasteiger partial charge in [-0.25, -0.2) is 8.42 Å². The summed E-state index contributed by atoms with van der Waals surface area (Å²) in [6, 6.07) is 0. The van der Waals surface area contributed by atoms with E-state index in [9.17, 15) is 8.42 Å². The van der Waals surface area contributed by atoms with Gasteiger partial charge in [0, 0.05) is 13.1 Å². The van der Waals surface area contributed by atoms with Crippen LogP contribution in [-0.2, 0) is 16.6 Å². The van der Waals surface area contributed by atoms with Gasteiger partial charge in [0.05, 0.1) is 17.9 Å². The third-order valence-corrected chi connectivity index (χ3v) is 4.85. The number of hydrogen-bond acceptors (Lipinski definition) is 4. The fourth-order valence-corrected chi connectivity index (χ4v) is 3.46. The summed E-state index contributed by atoms with van der Waals surface area (Å²) < 4.78 is 26.4. The maximum absolute atomic E-state index is 12.6. The van der Waals surface area contributed by atoms with Crippen molar-refractivity contribution in [3.8, 4) is 12.3 Å². The van der Waals surface area contributed by atoms with E-state index in [4.69, 9.17) is 6.42 Å². The maximum atomic E-state index is 12.6. The molecule has 0 atom stereocenters. The van der Waals surface area contributed by atoms with E-state index in [0.29, 0.717) is 24.5 Å². The number of nitrogens with zero attached hydrogens (tertiary/aromatic N) is 2. The Bertz CT molecular complexity index is 557. The molecule has 0 radical (unpaired) electrons. The van der Waals surface area contributed by atoms with Crippen LogP contribution in [0.1, 0.15) is 25.2 Å². The normalized spacial score (nSPS) is 11.7. The van der Waals surface area contributed by atoms with E-state index in [0.717, 1.165) is 6.54 Å². The Hall–Kier alpha value is -1.36. The largest absolute Gasteiger partial charge is 0.311 e. The fraction of sp³-hybridized carbons (Fsp3) is 0.583. The second-order valence-electron chi connectivity index (χ2n) is 4.04. The molecule has 0 aliphatic heterocycles. The van der Waals surface area contributed by atoms with Crippen LogP contribution in [0.15, 0.2) is 4.90 Å². The van der Waals surface area contributed by atoms with Crippen LogP contribution in [0.3, 0.4) is 0 Å². The Kier molecular flexibility index (Phi) is 5.54. The molecule has 1 aromatic heterocycles. The minimum absolute atomic E-state index is 0.0596. The first kappa shape index (κ1) is 15.7. The van der Waals surface area contributed by atoms with Gasteiger partial charge in [-0.15, -0.1) is 6.42 Å². The van der Waals surface area contributed by atoms with Crippen molar-refractivity contribution in [2.24, 2.45) is 0 Å². The SMILES string of the molecule is C#CCN(CC)S(=O)(=O)c1c(CNCC)n[nH]c1C. The van der Waals surface area contributed by atoms with Crippen molar-refractivity contribution in [1.29, 1.82) is 0 Å². The van der Waals surface area contributed by atoms with Crippen LogP contribution in [0.5, 0.6) is 0 Å². The summed E-state index contributed by atoms with van der Waals surface area (Å²) in [6.07, 6.45) is 5.22.